The highest BCUT2D eigenvalue weighted by atomic mass is 16.2. The monoisotopic (exact) mass is 252 g/mol. The van der Waals surface area contributed by atoms with Crippen LogP contribution in [0.4, 0.5) is 4.79 Å². The van der Waals surface area contributed by atoms with E-state index in [1.54, 1.807) is 0 Å². The third-order valence-corrected chi connectivity index (χ3v) is 3.34. The Kier molecular flexibility index (Phi) is 4.76. The van der Waals surface area contributed by atoms with Crippen molar-refractivity contribution in [1.82, 2.24) is 20.4 Å². The van der Waals surface area contributed by atoms with Crippen LogP contribution in [-0.4, -0.2) is 21.9 Å². The van der Waals surface area contributed by atoms with Gasteiger partial charge in [-0.15, -0.1) is 0 Å². The van der Waals surface area contributed by atoms with Crippen molar-refractivity contribution in [2.75, 3.05) is 0 Å². The van der Waals surface area contributed by atoms with Gasteiger partial charge in [0.15, 0.2) is 0 Å². The zero-order valence-electron chi connectivity index (χ0n) is 12.2. The fraction of sp³-hybridized carbons (Fsp3) is 0.692. The normalized spacial score (nSPS) is 14.1. The van der Waals surface area contributed by atoms with Crippen LogP contribution in [0.3, 0.4) is 0 Å². The Hall–Kier alpha value is -1.52. The number of aryl methyl sites for hydroxylation is 2. The van der Waals surface area contributed by atoms with Crippen molar-refractivity contribution in [2.45, 2.75) is 53.1 Å². The maximum absolute atomic E-state index is 11.8. The van der Waals surface area contributed by atoms with E-state index in [1.165, 1.54) is 0 Å². The lowest BCUT2D eigenvalue weighted by Crippen LogP contribution is -2.41. The Morgan fingerprint density at radius 2 is 1.94 bits per heavy atom. The summed E-state index contributed by atoms with van der Waals surface area (Å²) in [5, 5.41) is 10.2. The molecule has 2 unspecified atom stereocenters. The van der Waals surface area contributed by atoms with E-state index >= 15 is 0 Å². The largest absolute Gasteiger partial charge is 0.336 e. The van der Waals surface area contributed by atoms with Gasteiger partial charge < -0.3 is 10.6 Å². The average Bonchev–Trinajstić information content (AvgIpc) is 2.52. The SMILES string of the molecule is CCC(C)NC(=O)NC(C)c1c(C)nn(C)c1C. The summed E-state index contributed by atoms with van der Waals surface area (Å²) in [6, 6.07) is 0.0237. The standard InChI is InChI=1S/C13H24N4O/c1-7-8(2)14-13(18)15-9(3)12-10(4)16-17(6)11(12)5/h8-9H,7H2,1-6H3,(H2,14,15,18). The molecule has 1 rings (SSSR count). The molecule has 0 bridgehead atoms. The van der Waals surface area contributed by atoms with Crippen LogP contribution >= 0.6 is 0 Å². The number of rotatable bonds is 4. The predicted octanol–water partition coefficient (Wildman–Crippen LogP) is 2.20. The van der Waals surface area contributed by atoms with E-state index < -0.39 is 0 Å². The zero-order chi connectivity index (χ0) is 13.9. The van der Waals surface area contributed by atoms with E-state index in [1.807, 2.05) is 46.3 Å². The number of aromatic nitrogens is 2. The van der Waals surface area contributed by atoms with Gasteiger partial charge in [0, 0.05) is 24.3 Å². The maximum atomic E-state index is 11.8. The zero-order valence-corrected chi connectivity index (χ0v) is 12.2. The molecule has 18 heavy (non-hydrogen) atoms. The molecule has 0 spiro atoms. The summed E-state index contributed by atoms with van der Waals surface area (Å²) in [4.78, 5) is 11.8. The molecule has 0 fully saturated rings. The Balaban J connectivity index is 2.70. The quantitative estimate of drug-likeness (QED) is 0.863. The lowest BCUT2D eigenvalue weighted by atomic mass is 10.1. The molecule has 0 aliphatic heterocycles. The number of hydrogen-bond donors (Lipinski definition) is 2. The van der Waals surface area contributed by atoms with Crippen molar-refractivity contribution in [3.8, 4) is 0 Å². The molecule has 2 atom stereocenters. The van der Waals surface area contributed by atoms with Gasteiger partial charge in [-0.2, -0.15) is 5.10 Å². The third kappa shape index (κ3) is 3.24. The molecule has 2 N–H and O–H groups in total. The second kappa shape index (κ2) is 5.89. The number of urea groups is 1. The highest BCUT2D eigenvalue weighted by Gasteiger charge is 2.18. The first kappa shape index (κ1) is 14.5. The number of carbonyl (C=O) groups is 1. The summed E-state index contributed by atoms with van der Waals surface area (Å²) in [6.45, 7) is 10.00. The Labute approximate surface area is 109 Å². The predicted molar refractivity (Wildman–Crippen MR) is 72.5 cm³/mol. The molecular weight excluding hydrogens is 228 g/mol. The van der Waals surface area contributed by atoms with Crippen molar-refractivity contribution < 1.29 is 4.79 Å². The van der Waals surface area contributed by atoms with Crippen LogP contribution in [-0.2, 0) is 7.05 Å². The van der Waals surface area contributed by atoms with Gasteiger partial charge in [0.25, 0.3) is 0 Å². The van der Waals surface area contributed by atoms with Crippen LogP contribution < -0.4 is 10.6 Å². The first-order valence-corrected chi connectivity index (χ1v) is 6.43. The Morgan fingerprint density at radius 1 is 1.33 bits per heavy atom. The molecule has 5 heteroatoms. The average molecular weight is 252 g/mol. The van der Waals surface area contributed by atoms with Crippen molar-refractivity contribution >= 4 is 6.03 Å². The van der Waals surface area contributed by atoms with E-state index in [9.17, 15) is 4.79 Å². The van der Waals surface area contributed by atoms with E-state index in [4.69, 9.17) is 0 Å². The van der Waals surface area contributed by atoms with Crippen molar-refractivity contribution in [3.05, 3.63) is 17.0 Å². The van der Waals surface area contributed by atoms with Crippen LogP contribution in [0.5, 0.6) is 0 Å². The van der Waals surface area contributed by atoms with Crippen LogP contribution in [0.1, 0.15) is 50.2 Å². The molecule has 0 aliphatic carbocycles. The molecule has 0 radical (unpaired) electrons. The molecule has 0 saturated heterocycles. The lowest BCUT2D eigenvalue weighted by molar-refractivity contribution is 0.234. The minimum Gasteiger partial charge on any atom is -0.336 e. The molecule has 1 heterocycles. The Morgan fingerprint density at radius 3 is 2.39 bits per heavy atom. The molecule has 1 aromatic rings. The highest BCUT2D eigenvalue weighted by molar-refractivity contribution is 5.74. The minimum absolute atomic E-state index is 0.0391. The van der Waals surface area contributed by atoms with E-state index in [2.05, 4.69) is 15.7 Å². The van der Waals surface area contributed by atoms with Gasteiger partial charge >= 0.3 is 6.03 Å². The van der Waals surface area contributed by atoms with Gasteiger partial charge in [0.1, 0.15) is 0 Å². The van der Waals surface area contributed by atoms with E-state index in [0.29, 0.717) is 0 Å². The fourth-order valence-corrected chi connectivity index (χ4v) is 2.05. The van der Waals surface area contributed by atoms with Crippen molar-refractivity contribution in [2.24, 2.45) is 7.05 Å². The summed E-state index contributed by atoms with van der Waals surface area (Å²) >= 11 is 0. The van der Waals surface area contributed by atoms with Gasteiger partial charge in [-0.05, 0) is 34.1 Å². The molecule has 0 aliphatic rings. The van der Waals surface area contributed by atoms with E-state index in [-0.39, 0.29) is 18.1 Å². The molecule has 2 amide bonds. The van der Waals surface area contributed by atoms with Crippen molar-refractivity contribution in [3.63, 3.8) is 0 Å². The van der Waals surface area contributed by atoms with Gasteiger partial charge in [-0.3, -0.25) is 4.68 Å². The summed E-state index contributed by atoms with van der Waals surface area (Å²) < 4.78 is 1.84. The Bertz CT molecular complexity index is 425. The van der Waals surface area contributed by atoms with Gasteiger partial charge in [-0.25, -0.2) is 4.79 Å². The minimum atomic E-state index is -0.125. The number of nitrogens with one attached hydrogen (secondary N) is 2. The summed E-state index contributed by atoms with van der Waals surface area (Å²) in [5.41, 5.74) is 3.15. The first-order valence-electron chi connectivity index (χ1n) is 6.43. The number of carbonyl (C=O) groups excluding carboxylic acids is 1. The highest BCUT2D eigenvalue weighted by Crippen LogP contribution is 2.20. The number of hydrogen-bond acceptors (Lipinski definition) is 2. The van der Waals surface area contributed by atoms with Gasteiger partial charge in [0.05, 0.1) is 11.7 Å². The van der Waals surface area contributed by atoms with E-state index in [0.717, 1.165) is 23.4 Å². The summed E-state index contributed by atoms with van der Waals surface area (Å²) in [5.74, 6) is 0. The molecule has 102 valence electrons. The molecule has 1 aromatic heterocycles. The van der Waals surface area contributed by atoms with Crippen LogP contribution in [0, 0.1) is 13.8 Å². The number of nitrogens with zero attached hydrogens (tertiary/aromatic N) is 2. The fourth-order valence-electron chi connectivity index (χ4n) is 2.05. The molecule has 5 nitrogen and oxygen atoms in total. The topological polar surface area (TPSA) is 59.0 Å². The smallest absolute Gasteiger partial charge is 0.315 e. The maximum Gasteiger partial charge on any atom is 0.315 e. The molecule has 0 saturated carbocycles. The third-order valence-electron chi connectivity index (χ3n) is 3.34. The van der Waals surface area contributed by atoms with Gasteiger partial charge in [0.2, 0.25) is 0 Å². The van der Waals surface area contributed by atoms with Gasteiger partial charge in [-0.1, -0.05) is 6.92 Å². The molecular formula is C13H24N4O. The van der Waals surface area contributed by atoms with Crippen LogP contribution in [0.25, 0.3) is 0 Å². The lowest BCUT2D eigenvalue weighted by Gasteiger charge is -2.18. The number of amides is 2. The van der Waals surface area contributed by atoms with Crippen LogP contribution in [0.15, 0.2) is 0 Å². The summed E-state index contributed by atoms with van der Waals surface area (Å²) in [7, 11) is 1.91. The molecule has 0 aromatic carbocycles. The first-order chi connectivity index (χ1) is 8.36. The summed E-state index contributed by atoms with van der Waals surface area (Å²) in [6.07, 6.45) is 0.923. The van der Waals surface area contributed by atoms with Crippen molar-refractivity contribution in [1.29, 1.82) is 0 Å². The second-order valence-electron chi connectivity index (χ2n) is 4.86. The second-order valence-corrected chi connectivity index (χ2v) is 4.86. The van der Waals surface area contributed by atoms with Crippen LogP contribution in [0.2, 0.25) is 0 Å².